The SMILES string of the molecule is CC1(C)C2=C(Cl)C(=O)C(Cl)=CC2=Nc2ccc(OP(=O)(O)OP(=O)(O)OP(=O)(O)OP(=O)(O)OC[C@@H]3CC[C@H](n4ccc(N)nc4=O)O3)cc21. The van der Waals surface area contributed by atoms with E-state index in [4.69, 9.17) is 38.2 Å². The molecule has 1 aromatic carbocycles. The van der Waals surface area contributed by atoms with Crippen LogP contribution in [0.15, 0.2) is 62.0 Å². The highest BCUT2D eigenvalue weighted by Crippen LogP contribution is 2.71. The lowest BCUT2D eigenvalue weighted by molar-refractivity contribution is -0.111. The fourth-order valence-electron chi connectivity index (χ4n) is 5.14. The number of halogens is 2. The van der Waals surface area contributed by atoms with Gasteiger partial charge in [0.1, 0.15) is 17.8 Å². The van der Waals surface area contributed by atoms with E-state index in [9.17, 15) is 47.4 Å². The van der Waals surface area contributed by atoms with Crippen molar-refractivity contribution in [2.75, 3.05) is 12.3 Å². The largest absolute Gasteiger partial charge is 0.536 e. The third-order valence-corrected chi connectivity index (χ3v) is 13.7. The van der Waals surface area contributed by atoms with Crippen LogP contribution in [0.25, 0.3) is 0 Å². The quantitative estimate of drug-likeness (QED) is 0.144. The van der Waals surface area contributed by atoms with Gasteiger partial charge in [0.25, 0.3) is 0 Å². The van der Waals surface area contributed by atoms with E-state index in [1.165, 1.54) is 30.5 Å². The number of benzene rings is 1. The number of hydrogen-bond acceptors (Lipinski definition) is 15. The van der Waals surface area contributed by atoms with E-state index in [0.717, 1.165) is 10.6 Å². The summed E-state index contributed by atoms with van der Waals surface area (Å²) in [4.78, 5) is 72.3. The van der Waals surface area contributed by atoms with Crippen LogP contribution < -0.4 is 15.9 Å². The number of carbonyl (C=O) groups excluding carboxylic acids is 1. The Morgan fingerprint density at radius 3 is 2.28 bits per heavy atom. The van der Waals surface area contributed by atoms with Gasteiger partial charge >= 0.3 is 37.0 Å². The Bertz CT molecular complexity index is 2120. The summed E-state index contributed by atoms with van der Waals surface area (Å²) < 4.78 is 77.9. The van der Waals surface area contributed by atoms with Crippen LogP contribution in [0.5, 0.6) is 5.75 Å². The topological polar surface area (TPSA) is 295 Å². The standard InChI is InChI=1S/C24H26Cl2N4O16P4/c1-24(2)14-9-12(3-5-16(14)28-17-10-15(25)22(31)21(26)20(17)24)43-48(35,36)45-50(39,40)46-49(37,38)44-47(33,34)41-11-13-4-6-19(42-13)30-8-7-18(27)29-23(30)32/h3,5,7-10,13,19H,4,6,11H2,1-2H3,(H,33,34)(H,35,36)(H,37,38)(H,39,40)(H2,27,29,32)/t13-,19+/m0/s1. The molecule has 5 rings (SSSR count). The summed E-state index contributed by atoms with van der Waals surface area (Å²) in [6.07, 6.45) is 1.33. The Morgan fingerprint density at radius 1 is 0.980 bits per heavy atom. The number of nitrogens with zero attached hydrogens (tertiary/aromatic N) is 3. The Balaban J connectivity index is 1.20. The van der Waals surface area contributed by atoms with Crippen molar-refractivity contribution in [1.29, 1.82) is 0 Å². The zero-order valence-corrected chi connectivity index (χ0v) is 30.5. The third kappa shape index (κ3) is 8.81. The molecule has 1 aliphatic carbocycles. The molecule has 6 N–H and O–H groups in total. The van der Waals surface area contributed by atoms with Crippen molar-refractivity contribution in [2.24, 2.45) is 4.99 Å². The molecule has 4 unspecified atom stereocenters. The average Bonchev–Trinajstić information content (AvgIpc) is 3.42. The van der Waals surface area contributed by atoms with Gasteiger partial charge in [-0.05, 0) is 48.7 Å². The lowest BCUT2D eigenvalue weighted by Gasteiger charge is -2.36. The van der Waals surface area contributed by atoms with Gasteiger partial charge < -0.3 is 29.7 Å². The number of ether oxygens (including phenoxy) is 1. The number of aromatic nitrogens is 2. The van der Waals surface area contributed by atoms with Crippen LogP contribution in [0.2, 0.25) is 0 Å². The van der Waals surface area contributed by atoms with Crippen molar-refractivity contribution in [2.45, 2.75) is 44.4 Å². The number of fused-ring (bicyclic) bond motifs is 2. The summed E-state index contributed by atoms with van der Waals surface area (Å²) >= 11 is 12.2. The molecule has 1 aromatic heterocycles. The lowest BCUT2D eigenvalue weighted by atomic mass is 9.71. The van der Waals surface area contributed by atoms with Crippen molar-refractivity contribution < 1.29 is 69.3 Å². The molecule has 20 nitrogen and oxygen atoms in total. The second kappa shape index (κ2) is 13.9. The van der Waals surface area contributed by atoms with E-state index in [0.29, 0.717) is 22.5 Å². The third-order valence-electron chi connectivity index (χ3n) is 7.17. The first-order valence-electron chi connectivity index (χ1n) is 13.8. The minimum atomic E-state index is -6.08. The number of nitrogens with two attached hydrogens (primary N) is 1. The summed E-state index contributed by atoms with van der Waals surface area (Å²) in [6, 6.07) is 5.02. The Hall–Kier alpha value is -2.34. The second-order valence-electron chi connectivity index (χ2n) is 11.1. The van der Waals surface area contributed by atoms with Crippen molar-refractivity contribution in [3.8, 4) is 5.75 Å². The average molecular weight is 821 g/mol. The van der Waals surface area contributed by atoms with E-state index in [2.05, 4.69) is 27.4 Å². The number of nitrogen functional groups attached to an aromatic ring is 1. The van der Waals surface area contributed by atoms with Crippen LogP contribution in [0.4, 0.5) is 11.5 Å². The summed E-state index contributed by atoms with van der Waals surface area (Å²) in [6.45, 7) is 2.60. The molecule has 3 aliphatic rings. The van der Waals surface area contributed by atoms with Crippen LogP contribution in [0, 0.1) is 0 Å². The van der Waals surface area contributed by atoms with Gasteiger partial charge in [-0.1, -0.05) is 37.0 Å². The predicted octanol–water partition coefficient (Wildman–Crippen LogP) is 4.61. The summed E-state index contributed by atoms with van der Waals surface area (Å²) in [5.41, 5.74) is 4.94. The molecule has 6 atom stereocenters. The van der Waals surface area contributed by atoms with Gasteiger partial charge in [0.05, 0.1) is 34.2 Å². The number of carbonyl (C=O) groups is 1. The van der Waals surface area contributed by atoms with Gasteiger partial charge in [-0.3, -0.25) is 18.8 Å². The normalized spacial score (nSPS) is 24.8. The number of ketones is 1. The lowest BCUT2D eigenvalue weighted by Crippen LogP contribution is -2.32. The number of allylic oxidation sites excluding steroid dienone is 4. The van der Waals surface area contributed by atoms with E-state index in [-0.39, 0.29) is 28.7 Å². The maximum absolute atomic E-state index is 12.7. The molecule has 0 bridgehead atoms. The summed E-state index contributed by atoms with van der Waals surface area (Å²) in [5, 5.41) is -0.356. The molecule has 272 valence electrons. The molecule has 50 heavy (non-hydrogen) atoms. The molecule has 1 fully saturated rings. The van der Waals surface area contributed by atoms with E-state index in [1.54, 1.807) is 13.8 Å². The summed E-state index contributed by atoms with van der Waals surface area (Å²) in [5.74, 6) is -1.10. The van der Waals surface area contributed by atoms with Crippen LogP contribution in [-0.2, 0) is 50.7 Å². The Kier molecular flexibility index (Phi) is 10.8. The van der Waals surface area contributed by atoms with Gasteiger partial charge in [0, 0.05) is 17.2 Å². The van der Waals surface area contributed by atoms with E-state index in [1.807, 2.05) is 0 Å². The smallest absolute Gasteiger partial charge is 0.404 e. The molecule has 1 saturated heterocycles. The van der Waals surface area contributed by atoms with Gasteiger partial charge in [0.2, 0.25) is 5.78 Å². The molecule has 2 aromatic rings. The van der Waals surface area contributed by atoms with Crippen LogP contribution in [0.1, 0.15) is 38.5 Å². The molecular formula is C24H26Cl2N4O16P4. The number of hydrogen-bond donors (Lipinski definition) is 5. The van der Waals surface area contributed by atoms with Crippen molar-refractivity contribution in [3.05, 3.63) is 68.2 Å². The van der Waals surface area contributed by atoms with Gasteiger partial charge in [-0.2, -0.15) is 17.9 Å². The summed E-state index contributed by atoms with van der Waals surface area (Å²) in [7, 11) is -23.3. The number of anilines is 1. The predicted molar refractivity (Wildman–Crippen MR) is 174 cm³/mol. The first-order valence-corrected chi connectivity index (χ1v) is 20.6. The number of aliphatic imine (C=N–C) groups is 1. The van der Waals surface area contributed by atoms with Crippen molar-refractivity contribution in [1.82, 2.24) is 9.55 Å². The highest BCUT2D eigenvalue weighted by atomic mass is 35.5. The van der Waals surface area contributed by atoms with Crippen molar-refractivity contribution in [3.63, 3.8) is 0 Å². The van der Waals surface area contributed by atoms with Gasteiger partial charge in [-0.15, -0.1) is 0 Å². The molecule has 0 spiro atoms. The second-order valence-corrected chi connectivity index (χ2v) is 18.1. The number of phosphoric ester groups is 2. The maximum atomic E-state index is 12.7. The Labute approximate surface area is 291 Å². The van der Waals surface area contributed by atoms with Crippen LogP contribution in [-0.4, -0.2) is 53.3 Å². The molecule has 3 heterocycles. The minimum absolute atomic E-state index is 0.0218. The fourth-order valence-corrected chi connectivity index (χ4v) is 10.8. The number of Topliss-reactive ketones (excluding diaryl/α,β-unsaturated/α-hetero) is 1. The van der Waals surface area contributed by atoms with E-state index < -0.39 is 72.9 Å². The number of phosphoric acid groups is 4. The first kappa shape index (κ1) is 38.9. The zero-order valence-electron chi connectivity index (χ0n) is 25.4. The molecule has 0 radical (unpaired) electrons. The maximum Gasteiger partial charge on any atom is 0.536 e. The molecule has 0 amide bonds. The highest BCUT2D eigenvalue weighted by molar-refractivity contribution is 7.69. The Morgan fingerprint density at radius 2 is 1.62 bits per heavy atom. The van der Waals surface area contributed by atoms with Crippen molar-refractivity contribution >= 4 is 77.5 Å². The molecule has 0 saturated carbocycles. The zero-order chi connectivity index (χ0) is 37.0. The molecule has 2 aliphatic heterocycles. The highest BCUT2D eigenvalue weighted by Gasteiger charge is 2.47. The van der Waals surface area contributed by atoms with Crippen LogP contribution >= 0.6 is 54.5 Å². The minimum Gasteiger partial charge on any atom is -0.404 e. The first-order chi connectivity index (χ1) is 23.0. The van der Waals surface area contributed by atoms with Crippen LogP contribution in [0.3, 0.4) is 0 Å². The van der Waals surface area contributed by atoms with Gasteiger partial charge in [0.15, 0.2) is 0 Å². The monoisotopic (exact) mass is 820 g/mol. The molecular weight excluding hydrogens is 795 g/mol. The van der Waals surface area contributed by atoms with Gasteiger partial charge in [-0.25, -0.2) is 28.0 Å². The van der Waals surface area contributed by atoms with E-state index >= 15 is 0 Å². The molecule has 26 heteroatoms. The number of rotatable bonds is 12. The fraction of sp³-hybridized carbons (Fsp3) is 0.333.